The number of hydrogen-bond acceptors (Lipinski definition) is 2. The first-order chi connectivity index (χ1) is 8.68. The maximum Gasteiger partial charge on any atom is 0.253 e. The molecule has 0 radical (unpaired) electrons. The topological polar surface area (TPSA) is 46.3 Å². The maximum absolute atomic E-state index is 12.2. The first kappa shape index (κ1) is 11.3. The molecular weight excluding hydrogens is 248 g/mol. The molecule has 1 aliphatic rings. The molecule has 1 amide bonds. The van der Waals surface area contributed by atoms with Crippen LogP contribution in [0.2, 0.25) is 5.02 Å². The quantitative estimate of drug-likeness (QED) is 0.855. The van der Waals surface area contributed by atoms with Gasteiger partial charge in [-0.3, -0.25) is 9.69 Å². The van der Waals surface area contributed by atoms with Crippen LogP contribution in [0.15, 0.2) is 48.5 Å². The standard InChI is InChI=1S/C14H11ClN2O/c15-9-4-3-5-10(8-9)17-12-7-2-1-6-11(12)13(16)14(17)18/h1-8,13H,16H2. The lowest BCUT2D eigenvalue weighted by molar-refractivity contribution is -0.118. The van der Waals surface area contributed by atoms with Crippen molar-refractivity contribution in [3.05, 3.63) is 59.1 Å². The summed E-state index contributed by atoms with van der Waals surface area (Å²) in [5.41, 5.74) is 8.36. The molecule has 2 aromatic carbocycles. The molecule has 0 aliphatic carbocycles. The lowest BCUT2D eigenvalue weighted by Crippen LogP contribution is -2.27. The van der Waals surface area contributed by atoms with Gasteiger partial charge in [-0.15, -0.1) is 0 Å². The summed E-state index contributed by atoms with van der Waals surface area (Å²) in [4.78, 5) is 13.8. The number of carbonyl (C=O) groups is 1. The molecule has 0 saturated heterocycles. The number of para-hydroxylation sites is 1. The zero-order chi connectivity index (χ0) is 12.7. The Bertz CT molecular complexity index is 627. The van der Waals surface area contributed by atoms with Crippen molar-refractivity contribution in [2.45, 2.75) is 6.04 Å². The molecule has 4 heteroatoms. The Hall–Kier alpha value is -1.84. The fourth-order valence-corrected chi connectivity index (χ4v) is 2.41. The van der Waals surface area contributed by atoms with Gasteiger partial charge in [-0.05, 0) is 24.3 Å². The molecule has 2 aromatic rings. The van der Waals surface area contributed by atoms with Gasteiger partial charge in [0.25, 0.3) is 5.91 Å². The minimum Gasteiger partial charge on any atom is -0.316 e. The second-order valence-corrected chi connectivity index (χ2v) is 4.63. The van der Waals surface area contributed by atoms with Crippen LogP contribution in [0.4, 0.5) is 11.4 Å². The molecule has 18 heavy (non-hydrogen) atoms. The molecule has 0 fully saturated rings. The van der Waals surface area contributed by atoms with Crippen LogP contribution in [0.25, 0.3) is 0 Å². The molecule has 0 bridgehead atoms. The zero-order valence-corrected chi connectivity index (χ0v) is 10.3. The van der Waals surface area contributed by atoms with Crippen LogP contribution in [-0.4, -0.2) is 5.91 Å². The van der Waals surface area contributed by atoms with E-state index in [0.29, 0.717) is 5.02 Å². The molecule has 1 unspecified atom stereocenters. The van der Waals surface area contributed by atoms with Crippen LogP contribution in [0.1, 0.15) is 11.6 Å². The number of fused-ring (bicyclic) bond motifs is 1. The first-order valence-electron chi connectivity index (χ1n) is 5.62. The van der Waals surface area contributed by atoms with E-state index >= 15 is 0 Å². The third-order valence-electron chi connectivity index (χ3n) is 3.07. The highest BCUT2D eigenvalue weighted by molar-refractivity contribution is 6.31. The molecule has 0 spiro atoms. The Morgan fingerprint density at radius 2 is 1.89 bits per heavy atom. The van der Waals surface area contributed by atoms with Crippen LogP contribution < -0.4 is 10.6 Å². The summed E-state index contributed by atoms with van der Waals surface area (Å²) in [5, 5.41) is 0.596. The van der Waals surface area contributed by atoms with E-state index in [9.17, 15) is 4.79 Å². The largest absolute Gasteiger partial charge is 0.316 e. The van der Waals surface area contributed by atoms with Crippen LogP contribution >= 0.6 is 11.6 Å². The lowest BCUT2D eigenvalue weighted by Gasteiger charge is -2.17. The minimum absolute atomic E-state index is 0.126. The van der Waals surface area contributed by atoms with Crippen molar-refractivity contribution < 1.29 is 4.79 Å². The fraction of sp³-hybridized carbons (Fsp3) is 0.0714. The van der Waals surface area contributed by atoms with Gasteiger partial charge in [-0.1, -0.05) is 35.9 Å². The molecule has 1 heterocycles. The van der Waals surface area contributed by atoms with Gasteiger partial charge in [-0.25, -0.2) is 0 Å². The van der Waals surface area contributed by atoms with Crippen molar-refractivity contribution in [1.82, 2.24) is 0 Å². The predicted octanol–water partition coefficient (Wildman–Crippen LogP) is 3.02. The molecule has 90 valence electrons. The summed E-state index contributed by atoms with van der Waals surface area (Å²) < 4.78 is 0. The monoisotopic (exact) mass is 258 g/mol. The number of nitrogens with two attached hydrogens (primary N) is 1. The van der Waals surface area contributed by atoms with Crippen molar-refractivity contribution in [2.24, 2.45) is 5.73 Å². The maximum atomic E-state index is 12.2. The second-order valence-electron chi connectivity index (χ2n) is 4.19. The van der Waals surface area contributed by atoms with E-state index in [0.717, 1.165) is 16.9 Å². The molecule has 2 N–H and O–H groups in total. The number of halogens is 1. The van der Waals surface area contributed by atoms with Gasteiger partial charge in [0.05, 0.1) is 11.4 Å². The summed E-state index contributed by atoms with van der Waals surface area (Å²) in [6.07, 6.45) is 0. The van der Waals surface area contributed by atoms with E-state index < -0.39 is 6.04 Å². The van der Waals surface area contributed by atoms with Gasteiger partial charge in [0, 0.05) is 10.6 Å². The third kappa shape index (κ3) is 1.60. The third-order valence-corrected chi connectivity index (χ3v) is 3.30. The van der Waals surface area contributed by atoms with E-state index in [1.807, 2.05) is 36.4 Å². The number of nitrogens with zero attached hydrogens (tertiary/aromatic N) is 1. The summed E-state index contributed by atoms with van der Waals surface area (Å²) in [6.45, 7) is 0. The molecule has 0 saturated carbocycles. The summed E-state index contributed by atoms with van der Waals surface area (Å²) in [5.74, 6) is -0.126. The van der Waals surface area contributed by atoms with E-state index in [2.05, 4.69) is 0 Å². The number of anilines is 2. The van der Waals surface area contributed by atoms with Crippen molar-refractivity contribution in [2.75, 3.05) is 4.90 Å². The number of rotatable bonds is 1. The van der Waals surface area contributed by atoms with Gasteiger partial charge < -0.3 is 5.73 Å². The Morgan fingerprint density at radius 3 is 2.67 bits per heavy atom. The zero-order valence-electron chi connectivity index (χ0n) is 9.51. The summed E-state index contributed by atoms with van der Waals surface area (Å²) in [6, 6.07) is 14.1. The molecule has 1 aliphatic heterocycles. The number of amides is 1. The normalized spacial score (nSPS) is 18.0. The van der Waals surface area contributed by atoms with E-state index in [4.69, 9.17) is 17.3 Å². The van der Waals surface area contributed by atoms with Crippen molar-refractivity contribution in [1.29, 1.82) is 0 Å². The van der Waals surface area contributed by atoms with Crippen molar-refractivity contribution >= 4 is 28.9 Å². The Kier molecular flexibility index (Phi) is 2.58. The minimum atomic E-state index is -0.597. The van der Waals surface area contributed by atoms with Gasteiger partial charge in [-0.2, -0.15) is 0 Å². The average molecular weight is 259 g/mol. The van der Waals surface area contributed by atoms with Crippen molar-refractivity contribution in [3.8, 4) is 0 Å². The SMILES string of the molecule is NC1C(=O)N(c2cccc(Cl)c2)c2ccccc21. The molecule has 1 atom stereocenters. The van der Waals surface area contributed by atoms with Gasteiger partial charge in [0.15, 0.2) is 0 Å². The summed E-state index contributed by atoms with van der Waals surface area (Å²) in [7, 11) is 0. The number of hydrogen-bond donors (Lipinski definition) is 1. The highest BCUT2D eigenvalue weighted by Gasteiger charge is 2.35. The van der Waals surface area contributed by atoms with Crippen LogP contribution in [-0.2, 0) is 4.79 Å². The number of carbonyl (C=O) groups excluding carboxylic acids is 1. The van der Waals surface area contributed by atoms with E-state index in [-0.39, 0.29) is 5.91 Å². The highest BCUT2D eigenvalue weighted by atomic mass is 35.5. The lowest BCUT2D eigenvalue weighted by atomic mass is 10.1. The van der Waals surface area contributed by atoms with Crippen molar-refractivity contribution in [3.63, 3.8) is 0 Å². The highest BCUT2D eigenvalue weighted by Crippen LogP contribution is 2.39. The Labute approximate surface area is 110 Å². The molecule has 3 nitrogen and oxygen atoms in total. The van der Waals surface area contributed by atoms with Gasteiger partial charge in [0.1, 0.15) is 6.04 Å². The van der Waals surface area contributed by atoms with Gasteiger partial charge >= 0.3 is 0 Å². The molecular formula is C14H11ClN2O. The summed E-state index contributed by atoms with van der Waals surface area (Å²) >= 11 is 5.97. The first-order valence-corrected chi connectivity index (χ1v) is 6.00. The van der Waals surface area contributed by atoms with E-state index in [1.54, 1.807) is 17.0 Å². The number of benzene rings is 2. The van der Waals surface area contributed by atoms with Crippen LogP contribution in [0.3, 0.4) is 0 Å². The van der Waals surface area contributed by atoms with Crippen LogP contribution in [0.5, 0.6) is 0 Å². The average Bonchev–Trinajstić information content (AvgIpc) is 2.63. The molecule has 3 rings (SSSR count). The Balaban J connectivity index is 2.16. The van der Waals surface area contributed by atoms with Gasteiger partial charge in [0.2, 0.25) is 0 Å². The fourth-order valence-electron chi connectivity index (χ4n) is 2.23. The Morgan fingerprint density at radius 1 is 1.11 bits per heavy atom. The second kappa shape index (κ2) is 4.12. The predicted molar refractivity (Wildman–Crippen MR) is 72.0 cm³/mol. The van der Waals surface area contributed by atoms with Crippen LogP contribution in [0, 0.1) is 0 Å². The van der Waals surface area contributed by atoms with E-state index in [1.165, 1.54) is 0 Å². The molecule has 0 aromatic heterocycles. The smallest absolute Gasteiger partial charge is 0.253 e.